The van der Waals surface area contributed by atoms with Crippen LogP contribution < -0.4 is 37.1 Å². The number of nitrogens with one attached hydrogen (secondary N) is 6. The van der Waals surface area contributed by atoms with Crippen LogP contribution in [0.2, 0.25) is 0 Å². The summed E-state index contributed by atoms with van der Waals surface area (Å²) < 4.78 is 21.7. The lowest BCUT2D eigenvalue weighted by atomic mass is 10.0. The molecule has 1 aromatic carbocycles. The molecule has 13 heteroatoms. The molecule has 6 N–H and O–H groups in total. The van der Waals surface area contributed by atoms with Gasteiger partial charge in [0.05, 0.1) is 25.0 Å². The Morgan fingerprint density at radius 2 is 1.98 bits per heavy atom. The van der Waals surface area contributed by atoms with Crippen molar-refractivity contribution >= 4 is 17.4 Å². The van der Waals surface area contributed by atoms with E-state index in [1.807, 2.05) is 17.1 Å². The van der Waals surface area contributed by atoms with Crippen molar-refractivity contribution in [2.45, 2.75) is 81.7 Å². The van der Waals surface area contributed by atoms with E-state index < -0.39 is 5.67 Å². The fourth-order valence-corrected chi connectivity index (χ4v) is 6.81. The number of hydrazone groups is 1. The number of amidine groups is 1. The normalized spacial score (nSPS) is 32.0. The molecule has 40 heavy (non-hydrogen) atoms. The van der Waals surface area contributed by atoms with E-state index in [1.54, 1.807) is 20.1 Å². The number of benzene rings is 1. The van der Waals surface area contributed by atoms with Crippen LogP contribution in [0.25, 0.3) is 0 Å². The van der Waals surface area contributed by atoms with Crippen LogP contribution in [0.4, 0.5) is 10.1 Å². The van der Waals surface area contributed by atoms with Gasteiger partial charge in [-0.05, 0) is 70.9 Å². The number of hydrogen-bond acceptors (Lipinski definition) is 11. The smallest absolute Gasteiger partial charge is 0.251 e. The maximum absolute atomic E-state index is 16.0. The number of ether oxygens (including phenoxy) is 1. The third-order valence-corrected chi connectivity index (χ3v) is 9.04. The predicted octanol–water partition coefficient (Wildman–Crippen LogP) is 0.727. The second-order valence-corrected chi connectivity index (χ2v) is 12.0. The predicted molar refractivity (Wildman–Crippen MR) is 151 cm³/mol. The van der Waals surface area contributed by atoms with Gasteiger partial charge in [0.15, 0.2) is 11.5 Å². The van der Waals surface area contributed by atoms with Gasteiger partial charge in [0.1, 0.15) is 12.0 Å². The van der Waals surface area contributed by atoms with E-state index in [9.17, 15) is 4.79 Å². The Kier molecular flexibility index (Phi) is 7.75. The molecule has 4 fully saturated rings. The summed E-state index contributed by atoms with van der Waals surface area (Å²) in [6.45, 7) is 4.46. The third-order valence-electron chi connectivity index (χ3n) is 9.04. The fraction of sp³-hybridized carbons (Fsp3) is 0.704. The van der Waals surface area contributed by atoms with Gasteiger partial charge in [-0.25, -0.2) is 9.93 Å². The highest BCUT2D eigenvalue weighted by Crippen LogP contribution is 2.34. The zero-order chi connectivity index (χ0) is 27.9. The quantitative estimate of drug-likeness (QED) is 0.298. The first kappa shape index (κ1) is 27.5. The Hall–Kier alpha value is -2.71. The van der Waals surface area contributed by atoms with Crippen LogP contribution in [0.15, 0.2) is 23.3 Å². The Balaban J connectivity index is 1.17. The number of hydrogen-bond donors (Lipinski definition) is 6. The topological polar surface area (TPSA) is 121 Å². The van der Waals surface area contributed by atoms with Gasteiger partial charge in [0.2, 0.25) is 0 Å². The summed E-state index contributed by atoms with van der Waals surface area (Å²) in [4.78, 5) is 17.6. The Bertz CT molecular complexity index is 1100. The minimum Gasteiger partial charge on any atom is -0.495 e. The standard InChI is InChI=1S/C27H43FN10O2/c1-27(28)16-37(19-6-4-5-7-19)23-21(38-25(27)33-34-35-38)15-29-26(32-23)31-20-9-8-17(14-22(20)40-3)24(39)30-18-10-12-36(2)13-11-18/h8-9,14,18-19,21,23,26,29,31-32,34-35H,4-7,10-13,15-16H2,1-3H3,(H,30,39). The van der Waals surface area contributed by atoms with Crippen molar-refractivity contribution in [3.05, 3.63) is 23.8 Å². The molecule has 220 valence electrons. The van der Waals surface area contributed by atoms with Crippen LogP contribution in [0.3, 0.4) is 0 Å². The molecule has 0 aromatic heterocycles. The van der Waals surface area contributed by atoms with E-state index in [0.717, 1.165) is 44.5 Å². The molecule has 4 heterocycles. The third kappa shape index (κ3) is 5.45. The highest BCUT2D eigenvalue weighted by atomic mass is 19.1. The van der Waals surface area contributed by atoms with Gasteiger partial charge in [0.25, 0.3) is 5.91 Å². The largest absolute Gasteiger partial charge is 0.495 e. The molecular weight excluding hydrogens is 515 g/mol. The Morgan fingerprint density at radius 3 is 2.73 bits per heavy atom. The minimum absolute atomic E-state index is 0.0831. The van der Waals surface area contributed by atoms with Gasteiger partial charge in [-0.15, -0.1) is 10.6 Å². The Morgan fingerprint density at radius 1 is 1.20 bits per heavy atom. The van der Waals surface area contributed by atoms with Crippen LogP contribution in [0.1, 0.15) is 55.8 Å². The van der Waals surface area contributed by atoms with Crippen molar-refractivity contribution in [2.75, 3.05) is 45.7 Å². The summed E-state index contributed by atoms with van der Waals surface area (Å²) in [6, 6.07) is 5.92. The molecule has 4 atom stereocenters. The molecule has 4 unspecified atom stereocenters. The van der Waals surface area contributed by atoms with Gasteiger partial charge < -0.3 is 20.3 Å². The van der Waals surface area contributed by atoms with Crippen LogP contribution >= 0.6 is 0 Å². The number of nitrogens with zero attached hydrogens (tertiary/aromatic N) is 4. The number of alkyl halides is 1. The average Bonchev–Trinajstić information content (AvgIpc) is 3.65. The number of halogens is 1. The number of rotatable bonds is 6. The van der Waals surface area contributed by atoms with Crippen LogP contribution in [-0.2, 0) is 0 Å². The van der Waals surface area contributed by atoms with Gasteiger partial charge in [0, 0.05) is 30.7 Å². The molecule has 5 aliphatic rings. The molecule has 1 aromatic rings. The van der Waals surface area contributed by atoms with E-state index in [0.29, 0.717) is 29.7 Å². The lowest BCUT2D eigenvalue weighted by molar-refractivity contribution is 0.0134. The summed E-state index contributed by atoms with van der Waals surface area (Å²) in [5, 5.41) is 20.0. The molecular formula is C27H43FN10O2. The number of fused-ring (bicyclic) bond motifs is 3. The highest BCUT2D eigenvalue weighted by molar-refractivity contribution is 5.95. The van der Waals surface area contributed by atoms with Crippen molar-refractivity contribution in [3.8, 4) is 5.75 Å². The lowest BCUT2D eigenvalue weighted by Gasteiger charge is -2.47. The first-order valence-corrected chi connectivity index (χ1v) is 14.6. The lowest BCUT2D eigenvalue weighted by Crippen LogP contribution is -2.73. The number of piperidine rings is 1. The maximum atomic E-state index is 16.0. The average molecular weight is 559 g/mol. The molecule has 0 bridgehead atoms. The van der Waals surface area contributed by atoms with Gasteiger partial charge in [-0.1, -0.05) is 12.8 Å². The summed E-state index contributed by atoms with van der Waals surface area (Å²) in [5.74, 6) is 0.889. The van der Waals surface area contributed by atoms with Crippen molar-refractivity contribution in [2.24, 2.45) is 5.10 Å². The summed E-state index contributed by atoms with van der Waals surface area (Å²) in [7, 11) is 3.72. The number of methoxy groups -OCH3 is 1. The van der Waals surface area contributed by atoms with E-state index in [4.69, 9.17) is 4.74 Å². The number of likely N-dealkylation sites (tertiary alicyclic amines) is 1. The number of hydrazine groups is 2. The van der Waals surface area contributed by atoms with Crippen molar-refractivity contribution in [1.29, 1.82) is 0 Å². The first-order valence-electron chi connectivity index (χ1n) is 14.6. The number of carbonyl (C=O) groups excluding carboxylic acids is 1. The second kappa shape index (κ2) is 11.3. The van der Waals surface area contributed by atoms with E-state index in [2.05, 4.69) is 54.3 Å². The molecule has 1 amide bonds. The zero-order valence-electron chi connectivity index (χ0n) is 23.7. The first-order chi connectivity index (χ1) is 19.3. The van der Waals surface area contributed by atoms with Crippen molar-refractivity contribution < 1.29 is 13.9 Å². The number of carbonyl (C=O) groups is 1. The summed E-state index contributed by atoms with van der Waals surface area (Å²) >= 11 is 0. The fourth-order valence-electron chi connectivity index (χ4n) is 6.81. The molecule has 3 saturated heterocycles. The molecule has 1 saturated carbocycles. The van der Waals surface area contributed by atoms with Gasteiger partial charge in [-0.3, -0.25) is 25.3 Å². The van der Waals surface area contributed by atoms with Crippen molar-refractivity contribution in [1.82, 2.24) is 41.8 Å². The van der Waals surface area contributed by atoms with Crippen LogP contribution in [-0.4, -0.2) is 103 Å². The van der Waals surface area contributed by atoms with Crippen LogP contribution in [0, 0.1) is 0 Å². The van der Waals surface area contributed by atoms with E-state index >= 15 is 4.39 Å². The molecule has 4 aliphatic heterocycles. The minimum atomic E-state index is -1.60. The Labute approximate surface area is 235 Å². The second-order valence-electron chi connectivity index (χ2n) is 12.0. The molecule has 1 aliphatic carbocycles. The molecule has 12 nitrogen and oxygen atoms in total. The van der Waals surface area contributed by atoms with Gasteiger partial charge >= 0.3 is 0 Å². The van der Waals surface area contributed by atoms with Gasteiger partial charge in [-0.2, -0.15) is 0 Å². The zero-order valence-corrected chi connectivity index (χ0v) is 23.7. The maximum Gasteiger partial charge on any atom is 0.251 e. The summed E-state index contributed by atoms with van der Waals surface area (Å²) in [6.07, 6.45) is 5.97. The molecule has 6 rings (SSSR count). The van der Waals surface area contributed by atoms with Crippen molar-refractivity contribution in [3.63, 3.8) is 0 Å². The SMILES string of the molecule is COc1cc(C(=O)NC2CCN(C)CC2)ccc1NC1NCC2C(N1)N(C1CCCC1)CC(C)(F)C1=NNNN12. The van der Waals surface area contributed by atoms with E-state index in [1.165, 1.54) is 12.8 Å². The molecule has 0 radical (unpaired) electrons. The monoisotopic (exact) mass is 558 g/mol. The number of amides is 1. The summed E-state index contributed by atoms with van der Waals surface area (Å²) in [5.41, 5.74) is 5.54. The van der Waals surface area contributed by atoms with Crippen LogP contribution in [0.5, 0.6) is 5.75 Å². The molecule has 0 spiro atoms. The van der Waals surface area contributed by atoms with E-state index in [-0.39, 0.29) is 37.0 Å². The number of anilines is 1. The highest BCUT2D eigenvalue weighted by Gasteiger charge is 2.52.